The number of nitrogens with zero attached hydrogens (tertiary/aromatic N) is 5. The minimum Gasteiger partial charge on any atom is -0.349 e. The van der Waals surface area contributed by atoms with Crippen molar-refractivity contribution in [2.45, 2.75) is 102 Å². The van der Waals surface area contributed by atoms with E-state index < -0.39 is 48.8 Å². The largest absolute Gasteiger partial charge is 0.389 e. The van der Waals surface area contributed by atoms with Crippen LogP contribution in [0.1, 0.15) is 112 Å². The second-order valence-corrected chi connectivity index (χ2v) is 12.0. The van der Waals surface area contributed by atoms with Crippen LogP contribution in [-0.2, 0) is 4.79 Å². The van der Waals surface area contributed by atoms with Gasteiger partial charge >= 0.3 is 6.18 Å². The van der Waals surface area contributed by atoms with Gasteiger partial charge in [0.1, 0.15) is 5.69 Å². The van der Waals surface area contributed by atoms with Gasteiger partial charge in [0.05, 0.1) is 36.6 Å². The highest BCUT2D eigenvalue weighted by atomic mass is 19.4. The zero-order valence-electron chi connectivity index (χ0n) is 24.1. The first kappa shape index (κ1) is 30.9. The van der Waals surface area contributed by atoms with Gasteiger partial charge in [-0.05, 0) is 69.1 Å². The van der Waals surface area contributed by atoms with Crippen LogP contribution < -0.4 is 10.6 Å². The van der Waals surface area contributed by atoms with Gasteiger partial charge in [0.15, 0.2) is 5.65 Å². The summed E-state index contributed by atoms with van der Waals surface area (Å²) in [4.78, 5) is 30.5. The Hall–Kier alpha value is -3.58. The van der Waals surface area contributed by atoms with E-state index in [1.54, 1.807) is 29.2 Å². The third-order valence-electron chi connectivity index (χ3n) is 8.52. The lowest BCUT2D eigenvalue weighted by Gasteiger charge is -2.34. The van der Waals surface area contributed by atoms with E-state index >= 15 is 0 Å². The van der Waals surface area contributed by atoms with Crippen molar-refractivity contribution in [2.24, 2.45) is 11.8 Å². The van der Waals surface area contributed by atoms with Crippen molar-refractivity contribution in [3.63, 3.8) is 0 Å². The van der Waals surface area contributed by atoms with E-state index in [-0.39, 0.29) is 43.6 Å². The Balaban J connectivity index is 1.41. The Bertz CT molecular complexity index is 1440. The maximum atomic E-state index is 14.0. The molecule has 14 heteroatoms. The Morgan fingerprint density at radius 3 is 2.37 bits per heavy atom. The van der Waals surface area contributed by atoms with Crippen molar-refractivity contribution in [2.75, 3.05) is 0 Å². The van der Waals surface area contributed by atoms with Crippen LogP contribution in [0, 0.1) is 11.8 Å². The van der Waals surface area contributed by atoms with E-state index in [1.165, 1.54) is 10.7 Å². The van der Waals surface area contributed by atoms with Crippen LogP contribution in [0.25, 0.3) is 5.65 Å². The molecule has 2 fully saturated rings. The van der Waals surface area contributed by atoms with Gasteiger partial charge in [0, 0.05) is 31.5 Å². The number of hydrogen-bond acceptors (Lipinski definition) is 5. The smallest absolute Gasteiger partial charge is 0.349 e. The van der Waals surface area contributed by atoms with E-state index in [0.29, 0.717) is 22.6 Å². The van der Waals surface area contributed by atoms with Gasteiger partial charge in [-0.2, -0.15) is 23.4 Å². The molecule has 43 heavy (non-hydrogen) atoms. The molecule has 0 spiro atoms. The second-order valence-electron chi connectivity index (χ2n) is 12.0. The molecule has 0 bridgehead atoms. The maximum absolute atomic E-state index is 14.0. The zero-order chi connectivity index (χ0) is 30.9. The SMILES string of the molecule is CC(C)n1nccc1C(=O)N[C@H](c1cn2ncc([C@H](NC(=O)CCC(F)(F)F)C3CCC3)cc2n1)C1CCC(F)(F)CC1. The Morgan fingerprint density at radius 2 is 1.74 bits per heavy atom. The molecule has 0 aliphatic heterocycles. The number of carbonyl (C=O) groups excluding carboxylic acids is 2. The summed E-state index contributed by atoms with van der Waals surface area (Å²) < 4.78 is 69.2. The van der Waals surface area contributed by atoms with Gasteiger partial charge in [-0.1, -0.05) is 6.42 Å². The van der Waals surface area contributed by atoms with Crippen molar-refractivity contribution >= 4 is 17.5 Å². The Kier molecular flexibility index (Phi) is 8.75. The number of amides is 2. The molecule has 3 heterocycles. The first-order valence-corrected chi connectivity index (χ1v) is 14.7. The predicted octanol–water partition coefficient (Wildman–Crippen LogP) is 6.10. The van der Waals surface area contributed by atoms with Gasteiger partial charge in [-0.3, -0.25) is 14.3 Å². The monoisotopic (exact) mass is 609 g/mol. The van der Waals surface area contributed by atoms with Crippen LogP contribution in [0.15, 0.2) is 30.7 Å². The van der Waals surface area contributed by atoms with Crippen molar-refractivity contribution < 1.29 is 31.5 Å². The summed E-state index contributed by atoms with van der Waals surface area (Å²) in [6, 6.07) is 2.07. The first-order chi connectivity index (χ1) is 20.3. The summed E-state index contributed by atoms with van der Waals surface area (Å²) in [7, 11) is 0. The molecular formula is C29H36F5N7O2. The van der Waals surface area contributed by atoms with E-state index in [9.17, 15) is 31.5 Å². The highest BCUT2D eigenvalue weighted by Crippen LogP contribution is 2.42. The van der Waals surface area contributed by atoms with Gasteiger partial charge < -0.3 is 10.6 Å². The van der Waals surface area contributed by atoms with Crippen LogP contribution >= 0.6 is 0 Å². The van der Waals surface area contributed by atoms with Crippen molar-refractivity contribution in [3.05, 3.63) is 47.7 Å². The normalized spacial score (nSPS) is 19.3. The van der Waals surface area contributed by atoms with Crippen LogP contribution in [0.3, 0.4) is 0 Å². The van der Waals surface area contributed by atoms with E-state index in [1.807, 2.05) is 13.8 Å². The predicted molar refractivity (Wildman–Crippen MR) is 146 cm³/mol. The maximum Gasteiger partial charge on any atom is 0.389 e. The molecule has 2 amide bonds. The zero-order valence-corrected chi connectivity index (χ0v) is 24.1. The van der Waals surface area contributed by atoms with Gasteiger partial charge in [-0.25, -0.2) is 18.3 Å². The van der Waals surface area contributed by atoms with E-state index in [2.05, 4.69) is 20.8 Å². The standard InChI is InChI=1S/C29H36F5N7O2/c1-17(2)41-22(9-13-35-41)27(43)39-26(19-6-10-28(30,31)11-7-19)21-16-40-23(37-21)14-20(15-36-40)25(18-4-3-5-18)38-24(42)8-12-29(32,33)34/h9,13-19,25-26H,3-8,10-12H2,1-2H3,(H,38,42)(H,39,43)/t25-,26+/m1/s1. The minimum absolute atomic E-state index is 0.0651. The Morgan fingerprint density at radius 1 is 1.05 bits per heavy atom. The minimum atomic E-state index is -4.43. The summed E-state index contributed by atoms with van der Waals surface area (Å²) in [6.07, 6.45) is 0.865. The van der Waals surface area contributed by atoms with Gasteiger partial charge in [0.2, 0.25) is 11.8 Å². The number of imidazole rings is 1. The Labute approximate surface area is 245 Å². The molecule has 3 aromatic rings. The van der Waals surface area contributed by atoms with Crippen molar-refractivity contribution in [1.82, 2.24) is 35.0 Å². The molecular weight excluding hydrogens is 573 g/mol. The summed E-state index contributed by atoms with van der Waals surface area (Å²) in [6.45, 7) is 3.79. The molecule has 9 nitrogen and oxygen atoms in total. The van der Waals surface area contributed by atoms with Gasteiger partial charge in [-0.15, -0.1) is 0 Å². The summed E-state index contributed by atoms with van der Waals surface area (Å²) in [5.41, 5.74) is 1.83. The molecule has 0 saturated heterocycles. The molecule has 2 aliphatic rings. The first-order valence-electron chi connectivity index (χ1n) is 14.7. The number of alkyl halides is 5. The molecule has 2 N–H and O–H groups in total. The fourth-order valence-electron chi connectivity index (χ4n) is 5.93. The third kappa shape index (κ3) is 7.32. The average Bonchev–Trinajstić information content (AvgIpc) is 3.56. The van der Waals surface area contributed by atoms with Crippen LogP contribution in [-0.4, -0.2) is 48.3 Å². The lowest BCUT2D eigenvalue weighted by Crippen LogP contribution is -2.38. The molecule has 2 saturated carbocycles. The van der Waals surface area contributed by atoms with Crippen LogP contribution in [0.5, 0.6) is 0 Å². The lowest BCUT2D eigenvalue weighted by molar-refractivity contribution is -0.144. The number of rotatable bonds is 10. The number of hydrogen-bond donors (Lipinski definition) is 2. The fourth-order valence-corrected chi connectivity index (χ4v) is 5.93. The average molecular weight is 610 g/mol. The van der Waals surface area contributed by atoms with E-state index in [0.717, 1.165) is 19.3 Å². The quantitative estimate of drug-likeness (QED) is 0.270. The van der Waals surface area contributed by atoms with E-state index in [4.69, 9.17) is 4.98 Å². The number of fused-ring (bicyclic) bond motifs is 1. The highest BCUT2D eigenvalue weighted by molar-refractivity contribution is 5.92. The molecule has 3 aromatic heterocycles. The third-order valence-corrected chi connectivity index (χ3v) is 8.52. The fraction of sp³-hybridized carbons (Fsp3) is 0.621. The number of halogens is 5. The molecule has 5 rings (SSSR count). The summed E-state index contributed by atoms with van der Waals surface area (Å²) in [5, 5.41) is 14.5. The summed E-state index contributed by atoms with van der Waals surface area (Å²) in [5.74, 6) is -4.06. The lowest BCUT2D eigenvalue weighted by atomic mass is 9.77. The molecule has 0 radical (unpaired) electrons. The summed E-state index contributed by atoms with van der Waals surface area (Å²) >= 11 is 0. The number of carbonyl (C=O) groups is 2. The van der Waals surface area contributed by atoms with Crippen molar-refractivity contribution in [3.8, 4) is 0 Å². The molecule has 2 aliphatic carbocycles. The topological polar surface area (TPSA) is 106 Å². The van der Waals surface area contributed by atoms with Crippen LogP contribution in [0.4, 0.5) is 22.0 Å². The highest BCUT2D eigenvalue weighted by Gasteiger charge is 2.40. The second kappa shape index (κ2) is 12.2. The van der Waals surface area contributed by atoms with Crippen molar-refractivity contribution in [1.29, 1.82) is 0 Å². The van der Waals surface area contributed by atoms with Gasteiger partial charge in [0.25, 0.3) is 5.91 Å². The van der Waals surface area contributed by atoms with Crippen LogP contribution in [0.2, 0.25) is 0 Å². The number of nitrogens with one attached hydrogen (secondary N) is 2. The molecule has 2 atom stereocenters. The molecule has 0 unspecified atom stereocenters. The molecule has 234 valence electrons. The molecule has 0 aromatic carbocycles. The number of aromatic nitrogens is 5.